The summed E-state index contributed by atoms with van der Waals surface area (Å²) in [6, 6.07) is 0.504. The first-order chi connectivity index (χ1) is 7.86. The van der Waals surface area contributed by atoms with Crippen LogP contribution in [0.5, 0.6) is 0 Å². The fourth-order valence-corrected chi connectivity index (χ4v) is 1.79. The lowest BCUT2D eigenvalue weighted by Gasteiger charge is -2.12. The molecule has 0 aromatic carbocycles. The van der Waals surface area contributed by atoms with E-state index >= 15 is 0 Å². The van der Waals surface area contributed by atoms with Crippen molar-refractivity contribution in [1.29, 1.82) is 0 Å². The summed E-state index contributed by atoms with van der Waals surface area (Å²) in [6.07, 6.45) is 9.80. The van der Waals surface area contributed by atoms with Crippen molar-refractivity contribution >= 4 is 0 Å². The Hall–Kier alpha value is -1.75. The van der Waals surface area contributed by atoms with Crippen molar-refractivity contribution in [3.05, 3.63) is 42.5 Å². The van der Waals surface area contributed by atoms with Crippen LogP contribution in [0.3, 0.4) is 0 Å². The lowest BCUT2D eigenvalue weighted by molar-refractivity contribution is 0.204. The highest BCUT2D eigenvalue weighted by Gasteiger charge is 2.28. The van der Waals surface area contributed by atoms with E-state index in [9.17, 15) is 5.11 Å². The largest absolute Gasteiger partial charge is 0.380 e. The number of nitrogens with zero attached hydrogens (tertiary/aromatic N) is 4. The molecule has 1 aliphatic rings. The molecule has 0 aliphatic heterocycles. The van der Waals surface area contributed by atoms with Crippen LogP contribution in [-0.4, -0.2) is 24.6 Å². The molecule has 1 aliphatic carbocycles. The van der Waals surface area contributed by atoms with Gasteiger partial charge >= 0.3 is 0 Å². The van der Waals surface area contributed by atoms with Crippen LogP contribution >= 0.6 is 0 Å². The zero-order valence-corrected chi connectivity index (χ0v) is 8.69. The first-order valence-corrected chi connectivity index (χ1v) is 5.32. The summed E-state index contributed by atoms with van der Waals surface area (Å²) in [7, 11) is 0. The fourth-order valence-electron chi connectivity index (χ4n) is 1.79. The van der Waals surface area contributed by atoms with Gasteiger partial charge in [-0.2, -0.15) is 0 Å². The number of hydrogen-bond donors (Lipinski definition) is 1. The van der Waals surface area contributed by atoms with Gasteiger partial charge in [0, 0.05) is 18.4 Å². The second-order valence-electron chi connectivity index (χ2n) is 3.99. The molecule has 2 aromatic rings. The Kier molecular flexibility index (Phi) is 2.18. The maximum atomic E-state index is 10.2. The third-order valence-corrected chi connectivity index (χ3v) is 2.78. The van der Waals surface area contributed by atoms with Gasteiger partial charge in [-0.25, -0.2) is 4.98 Å². The SMILES string of the molecule is OC(c1cnccn1)c1cncn1C1CC1. The Morgan fingerprint density at radius 2 is 2.12 bits per heavy atom. The van der Waals surface area contributed by atoms with Gasteiger partial charge in [0.15, 0.2) is 0 Å². The number of aromatic nitrogens is 4. The van der Waals surface area contributed by atoms with E-state index in [1.807, 2.05) is 4.57 Å². The molecule has 0 saturated heterocycles. The van der Waals surface area contributed by atoms with Crippen LogP contribution in [0, 0.1) is 0 Å². The van der Waals surface area contributed by atoms with Crippen molar-refractivity contribution < 1.29 is 5.11 Å². The van der Waals surface area contributed by atoms with Gasteiger partial charge in [0.05, 0.1) is 30.1 Å². The average Bonchev–Trinajstić information content (AvgIpc) is 3.07. The summed E-state index contributed by atoms with van der Waals surface area (Å²) in [4.78, 5) is 12.1. The van der Waals surface area contributed by atoms with Crippen LogP contribution in [-0.2, 0) is 0 Å². The maximum Gasteiger partial charge on any atom is 0.139 e. The van der Waals surface area contributed by atoms with E-state index in [-0.39, 0.29) is 0 Å². The van der Waals surface area contributed by atoms with E-state index in [0.29, 0.717) is 11.7 Å². The molecule has 1 atom stereocenters. The van der Waals surface area contributed by atoms with E-state index in [0.717, 1.165) is 18.5 Å². The highest BCUT2D eigenvalue weighted by Crippen LogP contribution is 2.37. The number of aliphatic hydroxyl groups is 1. The minimum Gasteiger partial charge on any atom is -0.380 e. The van der Waals surface area contributed by atoms with Gasteiger partial charge in [0.25, 0.3) is 0 Å². The number of imidazole rings is 1. The molecule has 2 heterocycles. The minimum absolute atomic E-state index is 0.504. The van der Waals surface area contributed by atoms with Crippen molar-refractivity contribution in [2.45, 2.75) is 25.0 Å². The highest BCUT2D eigenvalue weighted by atomic mass is 16.3. The molecule has 82 valence electrons. The molecular weight excluding hydrogens is 204 g/mol. The van der Waals surface area contributed by atoms with Gasteiger partial charge in [-0.05, 0) is 12.8 Å². The van der Waals surface area contributed by atoms with E-state index in [4.69, 9.17) is 0 Å². The van der Waals surface area contributed by atoms with E-state index in [1.54, 1.807) is 31.1 Å². The molecule has 0 bridgehead atoms. The Bertz CT molecular complexity index is 478. The quantitative estimate of drug-likeness (QED) is 0.834. The summed E-state index contributed by atoms with van der Waals surface area (Å²) in [6.45, 7) is 0. The van der Waals surface area contributed by atoms with Crippen molar-refractivity contribution in [2.75, 3.05) is 0 Å². The molecule has 3 rings (SSSR count). The van der Waals surface area contributed by atoms with Crippen LogP contribution in [0.15, 0.2) is 31.1 Å². The van der Waals surface area contributed by atoms with E-state index in [1.165, 1.54) is 0 Å². The molecule has 1 unspecified atom stereocenters. The van der Waals surface area contributed by atoms with Gasteiger partial charge in [0.1, 0.15) is 6.10 Å². The van der Waals surface area contributed by atoms with Gasteiger partial charge in [-0.1, -0.05) is 0 Å². The number of rotatable bonds is 3. The summed E-state index contributed by atoms with van der Waals surface area (Å²) < 4.78 is 2.03. The van der Waals surface area contributed by atoms with Crippen LogP contribution in [0.25, 0.3) is 0 Å². The van der Waals surface area contributed by atoms with E-state index in [2.05, 4.69) is 15.0 Å². The maximum absolute atomic E-state index is 10.2. The lowest BCUT2D eigenvalue weighted by atomic mass is 10.2. The summed E-state index contributed by atoms with van der Waals surface area (Å²) in [5, 5.41) is 10.2. The second-order valence-corrected chi connectivity index (χ2v) is 3.99. The molecule has 1 fully saturated rings. The van der Waals surface area contributed by atoms with Crippen LogP contribution in [0.4, 0.5) is 0 Å². The van der Waals surface area contributed by atoms with Crippen LogP contribution in [0.2, 0.25) is 0 Å². The summed E-state index contributed by atoms with van der Waals surface area (Å²) >= 11 is 0. The van der Waals surface area contributed by atoms with Gasteiger partial charge in [0.2, 0.25) is 0 Å². The molecule has 2 aromatic heterocycles. The Balaban J connectivity index is 1.94. The third kappa shape index (κ3) is 1.59. The highest BCUT2D eigenvalue weighted by molar-refractivity contribution is 5.17. The molecule has 1 N–H and O–H groups in total. The Morgan fingerprint density at radius 3 is 2.81 bits per heavy atom. The number of aliphatic hydroxyl groups excluding tert-OH is 1. The molecule has 0 amide bonds. The predicted octanol–water partition coefficient (Wildman–Crippen LogP) is 1.09. The van der Waals surface area contributed by atoms with Gasteiger partial charge < -0.3 is 9.67 Å². The fraction of sp³-hybridized carbons (Fsp3) is 0.364. The normalized spacial score (nSPS) is 17.3. The third-order valence-electron chi connectivity index (χ3n) is 2.78. The van der Waals surface area contributed by atoms with Crippen molar-refractivity contribution in [3.8, 4) is 0 Å². The van der Waals surface area contributed by atoms with E-state index < -0.39 is 6.10 Å². The van der Waals surface area contributed by atoms with Gasteiger partial charge in [-0.15, -0.1) is 0 Å². The molecule has 0 radical (unpaired) electrons. The minimum atomic E-state index is -0.739. The van der Waals surface area contributed by atoms with Crippen LogP contribution in [0.1, 0.15) is 36.4 Å². The standard InChI is InChI=1S/C11H12N4O/c16-11(9-5-12-3-4-14-9)10-6-13-7-15(10)8-1-2-8/h3-8,11,16H,1-2H2. The second kappa shape index (κ2) is 3.68. The monoisotopic (exact) mass is 216 g/mol. The molecule has 1 saturated carbocycles. The first kappa shape index (κ1) is 9.47. The molecule has 16 heavy (non-hydrogen) atoms. The lowest BCUT2D eigenvalue weighted by Crippen LogP contribution is -2.08. The van der Waals surface area contributed by atoms with Crippen molar-refractivity contribution in [2.24, 2.45) is 0 Å². The number of hydrogen-bond acceptors (Lipinski definition) is 4. The summed E-state index contributed by atoms with van der Waals surface area (Å²) in [5.74, 6) is 0. The Labute approximate surface area is 92.8 Å². The van der Waals surface area contributed by atoms with Crippen molar-refractivity contribution in [1.82, 2.24) is 19.5 Å². The zero-order valence-electron chi connectivity index (χ0n) is 8.69. The predicted molar refractivity (Wildman–Crippen MR) is 56.6 cm³/mol. The zero-order chi connectivity index (χ0) is 11.0. The molecule has 0 spiro atoms. The smallest absolute Gasteiger partial charge is 0.139 e. The molecular formula is C11H12N4O. The van der Waals surface area contributed by atoms with Gasteiger partial charge in [-0.3, -0.25) is 9.97 Å². The average molecular weight is 216 g/mol. The Morgan fingerprint density at radius 1 is 1.25 bits per heavy atom. The summed E-state index contributed by atoms with van der Waals surface area (Å²) in [5.41, 5.74) is 1.35. The first-order valence-electron chi connectivity index (χ1n) is 5.32. The van der Waals surface area contributed by atoms with Crippen molar-refractivity contribution in [3.63, 3.8) is 0 Å². The molecule has 5 heteroatoms. The molecule has 5 nitrogen and oxygen atoms in total. The topological polar surface area (TPSA) is 63.8 Å². The van der Waals surface area contributed by atoms with Crippen LogP contribution < -0.4 is 0 Å².